The number of hydrogen-bond donors (Lipinski definition) is 1. The van der Waals surface area contributed by atoms with E-state index in [1.807, 2.05) is 12.1 Å². The summed E-state index contributed by atoms with van der Waals surface area (Å²) in [5.41, 5.74) is 6.13. The highest BCUT2D eigenvalue weighted by Crippen LogP contribution is 2.42. The van der Waals surface area contributed by atoms with Crippen molar-refractivity contribution in [2.45, 2.75) is 58.3 Å². The Hall–Kier alpha value is -2.63. The number of benzene rings is 1. The van der Waals surface area contributed by atoms with Crippen molar-refractivity contribution in [3.8, 4) is 22.5 Å². The minimum absolute atomic E-state index is 0.188. The van der Waals surface area contributed by atoms with E-state index in [1.165, 1.54) is 24.1 Å². The van der Waals surface area contributed by atoms with Crippen LogP contribution in [0.4, 0.5) is 4.39 Å². The van der Waals surface area contributed by atoms with Gasteiger partial charge in [-0.15, -0.1) is 10.2 Å². The smallest absolute Gasteiger partial charge is 0.207 e. The second kappa shape index (κ2) is 6.83. The first-order chi connectivity index (χ1) is 12.9. The van der Waals surface area contributed by atoms with Crippen LogP contribution in [-0.2, 0) is 18.3 Å². The first kappa shape index (κ1) is 17.8. The Bertz CT molecular complexity index is 940. The second-order valence-corrected chi connectivity index (χ2v) is 8.19. The number of nitrogens with zero attached hydrogens (tertiary/aromatic N) is 4. The quantitative estimate of drug-likeness (QED) is 0.672. The Kier molecular flexibility index (Phi) is 4.50. The molecule has 4 rings (SSSR count). The van der Waals surface area contributed by atoms with E-state index in [9.17, 15) is 4.39 Å². The zero-order valence-corrected chi connectivity index (χ0v) is 16.0. The van der Waals surface area contributed by atoms with Crippen molar-refractivity contribution in [1.29, 1.82) is 0 Å². The van der Waals surface area contributed by atoms with E-state index in [2.05, 4.69) is 41.4 Å². The van der Waals surface area contributed by atoms with E-state index < -0.39 is 0 Å². The van der Waals surface area contributed by atoms with Gasteiger partial charge in [0.25, 0.3) is 0 Å². The molecule has 2 aromatic heterocycles. The number of aryl methyl sites for hydroxylation is 1. The highest BCUT2D eigenvalue weighted by atomic mass is 19.1. The summed E-state index contributed by atoms with van der Waals surface area (Å²) in [5, 5.41) is 14.9. The number of halogens is 1. The maximum absolute atomic E-state index is 13.6. The zero-order valence-electron chi connectivity index (χ0n) is 16.0. The Morgan fingerprint density at radius 2 is 1.70 bits per heavy atom. The normalized spacial score (nSPS) is 14.7. The first-order valence-electron chi connectivity index (χ1n) is 9.51. The minimum Gasteiger partial charge on any atom is -0.256 e. The first-order valence-corrected chi connectivity index (χ1v) is 9.51. The number of nitrogens with one attached hydrogen (secondary N) is 1. The van der Waals surface area contributed by atoms with Crippen LogP contribution in [-0.4, -0.2) is 25.6 Å². The van der Waals surface area contributed by atoms with Gasteiger partial charge in [0, 0.05) is 11.1 Å². The molecule has 2 heterocycles. The van der Waals surface area contributed by atoms with Gasteiger partial charge in [0.1, 0.15) is 5.82 Å². The lowest BCUT2D eigenvalue weighted by Gasteiger charge is -2.26. The molecule has 0 radical (unpaired) electrons. The molecule has 6 heteroatoms. The number of aromatic nitrogens is 5. The SMILES string of the molecule is CC(C)(C)c1nc2c(c(-c3ccc(F)cc3)c1-c1nn[nH]n1)CCCCC2. The zero-order chi connectivity index (χ0) is 19.0. The van der Waals surface area contributed by atoms with Crippen molar-refractivity contribution in [1.82, 2.24) is 25.6 Å². The number of rotatable bonds is 2. The second-order valence-electron chi connectivity index (χ2n) is 8.19. The summed E-state index contributed by atoms with van der Waals surface area (Å²) in [6.45, 7) is 6.45. The maximum Gasteiger partial charge on any atom is 0.207 e. The standard InChI is InChI=1S/C21H24FN5/c1-21(2,3)19-18(20-24-26-27-25-20)17(13-9-11-14(22)12-10-13)15-7-5-4-6-8-16(15)23-19/h9-12H,4-8H2,1-3H3,(H,24,25,26,27). The van der Waals surface area contributed by atoms with Crippen molar-refractivity contribution in [3.05, 3.63) is 47.0 Å². The molecule has 3 aromatic rings. The predicted octanol–water partition coefficient (Wildman–Crippen LogP) is 4.63. The van der Waals surface area contributed by atoms with Gasteiger partial charge in [0.15, 0.2) is 0 Å². The number of hydrogen-bond acceptors (Lipinski definition) is 4. The molecule has 0 amide bonds. The number of aromatic amines is 1. The van der Waals surface area contributed by atoms with Gasteiger partial charge in [-0.2, -0.15) is 5.21 Å². The molecule has 0 atom stereocenters. The van der Waals surface area contributed by atoms with Gasteiger partial charge in [0.05, 0.1) is 11.3 Å². The van der Waals surface area contributed by atoms with Crippen LogP contribution in [0.5, 0.6) is 0 Å². The molecule has 1 aromatic carbocycles. The van der Waals surface area contributed by atoms with Crippen molar-refractivity contribution in [3.63, 3.8) is 0 Å². The van der Waals surface area contributed by atoms with Crippen LogP contribution in [0.25, 0.3) is 22.5 Å². The van der Waals surface area contributed by atoms with Crippen LogP contribution < -0.4 is 0 Å². The Balaban J connectivity index is 2.10. The average molecular weight is 365 g/mol. The summed E-state index contributed by atoms with van der Waals surface area (Å²) in [6.07, 6.45) is 5.41. The largest absolute Gasteiger partial charge is 0.256 e. The maximum atomic E-state index is 13.6. The lowest BCUT2D eigenvalue weighted by molar-refractivity contribution is 0.566. The molecule has 0 spiro atoms. The van der Waals surface area contributed by atoms with E-state index in [1.54, 1.807) is 0 Å². The number of H-pyrrole nitrogens is 1. The van der Waals surface area contributed by atoms with Crippen LogP contribution in [0.3, 0.4) is 0 Å². The minimum atomic E-state index is -0.240. The van der Waals surface area contributed by atoms with Gasteiger partial charge in [-0.1, -0.05) is 39.3 Å². The Morgan fingerprint density at radius 3 is 2.37 bits per heavy atom. The number of pyridine rings is 1. The molecule has 5 nitrogen and oxygen atoms in total. The van der Waals surface area contributed by atoms with Crippen LogP contribution >= 0.6 is 0 Å². The number of fused-ring (bicyclic) bond motifs is 1. The van der Waals surface area contributed by atoms with Gasteiger partial charge in [-0.05, 0) is 59.7 Å². The molecule has 27 heavy (non-hydrogen) atoms. The molecule has 0 bridgehead atoms. The van der Waals surface area contributed by atoms with E-state index >= 15 is 0 Å². The topological polar surface area (TPSA) is 67.3 Å². The molecule has 0 unspecified atom stereocenters. The molecule has 1 N–H and O–H groups in total. The van der Waals surface area contributed by atoms with E-state index in [0.717, 1.165) is 53.8 Å². The number of tetrazole rings is 1. The molecule has 0 saturated carbocycles. The molecule has 1 aliphatic carbocycles. The summed E-state index contributed by atoms with van der Waals surface area (Å²) in [4.78, 5) is 5.11. The summed E-state index contributed by atoms with van der Waals surface area (Å²) >= 11 is 0. The molecular formula is C21H24FN5. The van der Waals surface area contributed by atoms with Crippen LogP contribution in [0.15, 0.2) is 24.3 Å². The Morgan fingerprint density at radius 1 is 0.963 bits per heavy atom. The Labute approximate surface area is 158 Å². The molecule has 1 aliphatic rings. The highest BCUT2D eigenvalue weighted by molar-refractivity contribution is 5.85. The van der Waals surface area contributed by atoms with Crippen LogP contribution in [0.1, 0.15) is 57.0 Å². The van der Waals surface area contributed by atoms with Crippen LogP contribution in [0.2, 0.25) is 0 Å². The van der Waals surface area contributed by atoms with E-state index in [0.29, 0.717) is 5.82 Å². The summed E-state index contributed by atoms with van der Waals surface area (Å²) in [6, 6.07) is 6.70. The lowest BCUT2D eigenvalue weighted by Crippen LogP contribution is -2.19. The summed E-state index contributed by atoms with van der Waals surface area (Å²) in [7, 11) is 0. The van der Waals surface area contributed by atoms with Crippen molar-refractivity contribution >= 4 is 0 Å². The van der Waals surface area contributed by atoms with Crippen molar-refractivity contribution in [2.24, 2.45) is 0 Å². The van der Waals surface area contributed by atoms with Gasteiger partial charge >= 0.3 is 0 Å². The third kappa shape index (κ3) is 3.36. The van der Waals surface area contributed by atoms with E-state index in [4.69, 9.17) is 4.98 Å². The van der Waals surface area contributed by atoms with Gasteiger partial charge < -0.3 is 0 Å². The fourth-order valence-electron chi connectivity index (χ4n) is 3.88. The van der Waals surface area contributed by atoms with Gasteiger partial charge in [-0.3, -0.25) is 4.98 Å². The molecule has 0 aliphatic heterocycles. The predicted molar refractivity (Wildman–Crippen MR) is 103 cm³/mol. The fourth-order valence-corrected chi connectivity index (χ4v) is 3.88. The molecular weight excluding hydrogens is 341 g/mol. The van der Waals surface area contributed by atoms with Crippen molar-refractivity contribution < 1.29 is 4.39 Å². The lowest BCUT2D eigenvalue weighted by atomic mass is 9.82. The van der Waals surface area contributed by atoms with E-state index in [-0.39, 0.29) is 11.2 Å². The van der Waals surface area contributed by atoms with Crippen molar-refractivity contribution in [2.75, 3.05) is 0 Å². The third-order valence-corrected chi connectivity index (χ3v) is 5.14. The molecule has 0 saturated heterocycles. The monoisotopic (exact) mass is 365 g/mol. The molecule has 140 valence electrons. The van der Waals surface area contributed by atoms with Crippen LogP contribution in [0, 0.1) is 5.82 Å². The summed E-state index contributed by atoms with van der Waals surface area (Å²) in [5.74, 6) is 0.301. The molecule has 0 fully saturated rings. The summed E-state index contributed by atoms with van der Waals surface area (Å²) < 4.78 is 13.6. The average Bonchev–Trinajstić information content (AvgIpc) is 3.05. The van der Waals surface area contributed by atoms with Gasteiger partial charge in [0.2, 0.25) is 5.82 Å². The fraction of sp³-hybridized carbons (Fsp3) is 0.429. The highest BCUT2D eigenvalue weighted by Gasteiger charge is 2.30. The third-order valence-electron chi connectivity index (χ3n) is 5.14. The van der Waals surface area contributed by atoms with Gasteiger partial charge in [-0.25, -0.2) is 4.39 Å².